The molecule has 0 heterocycles. The lowest BCUT2D eigenvalue weighted by molar-refractivity contribution is -0.141. The SMILES string of the molecule is CC(C)C[C@H](NC(=O)OC(C)(C)C)C(=O)NC[C@H](NC(=O)CCc1ccccc1)C(=O)O. The minimum Gasteiger partial charge on any atom is -0.480 e. The van der Waals surface area contributed by atoms with E-state index in [0.29, 0.717) is 12.8 Å². The summed E-state index contributed by atoms with van der Waals surface area (Å²) in [5.41, 5.74) is 0.244. The summed E-state index contributed by atoms with van der Waals surface area (Å²) in [5.74, 6) is -2.15. The number of carbonyl (C=O) groups excluding carboxylic acids is 3. The van der Waals surface area contributed by atoms with Crippen LogP contribution in [0.1, 0.15) is 53.0 Å². The molecule has 0 saturated heterocycles. The van der Waals surface area contributed by atoms with Gasteiger partial charge < -0.3 is 25.8 Å². The summed E-state index contributed by atoms with van der Waals surface area (Å²) in [5, 5.41) is 16.9. The molecule has 1 aromatic carbocycles. The summed E-state index contributed by atoms with van der Waals surface area (Å²) in [6.07, 6.45) is 0.202. The number of alkyl carbamates (subject to hydrolysis) is 1. The zero-order valence-corrected chi connectivity index (χ0v) is 19.4. The molecule has 32 heavy (non-hydrogen) atoms. The molecule has 0 aromatic heterocycles. The minimum atomic E-state index is -1.29. The number of nitrogens with one attached hydrogen (secondary N) is 3. The van der Waals surface area contributed by atoms with Gasteiger partial charge in [0.15, 0.2) is 0 Å². The number of benzene rings is 1. The summed E-state index contributed by atoms with van der Waals surface area (Å²) in [4.78, 5) is 48.4. The monoisotopic (exact) mass is 449 g/mol. The van der Waals surface area contributed by atoms with Crippen LogP contribution in [-0.2, 0) is 25.5 Å². The van der Waals surface area contributed by atoms with Crippen LogP contribution in [0.3, 0.4) is 0 Å². The minimum absolute atomic E-state index is 0.0913. The third kappa shape index (κ3) is 11.3. The Balaban J connectivity index is 2.63. The number of carbonyl (C=O) groups is 4. The Morgan fingerprint density at radius 2 is 1.62 bits per heavy atom. The van der Waals surface area contributed by atoms with Crippen molar-refractivity contribution in [3.05, 3.63) is 35.9 Å². The molecule has 1 aromatic rings. The molecule has 0 spiro atoms. The van der Waals surface area contributed by atoms with Crippen molar-refractivity contribution in [1.29, 1.82) is 0 Å². The fourth-order valence-corrected chi connectivity index (χ4v) is 2.85. The highest BCUT2D eigenvalue weighted by Gasteiger charge is 2.27. The van der Waals surface area contributed by atoms with Crippen molar-refractivity contribution >= 4 is 23.9 Å². The second-order valence-electron chi connectivity index (χ2n) is 9.02. The molecule has 0 bridgehead atoms. The first-order chi connectivity index (χ1) is 14.9. The van der Waals surface area contributed by atoms with Gasteiger partial charge in [0.05, 0.1) is 0 Å². The fourth-order valence-electron chi connectivity index (χ4n) is 2.85. The van der Waals surface area contributed by atoms with Gasteiger partial charge in [0.2, 0.25) is 11.8 Å². The zero-order valence-electron chi connectivity index (χ0n) is 19.4. The normalized spacial score (nSPS) is 13.1. The number of hydrogen-bond donors (Lipinski definition) is 4. The number of aryl methyl sites for hydroxylation is 1. The molecule has 0 radical (unpaired) electrons. The quantitative estimate of drug-likeness (QED) is 0.409. The molecule has 0 aliphatic carbocycles. The van der Waals surface area contributed by atoms with Crippen molar-refractivity contribution in [1.82, 2.24) is 16.0 Å². The van der Waals surface area contributed by atoms with Gasteiger partial charge in [-0.15, -0.1) is 0 Å². The van der Waals surface area contributed by atoms with Crippen LogP contribution in [0.15, 0.2) is 30.3 Å². The van der Waals surface area contributed by atoms with Crippen LogP contribution in [0.2, 0.25) is 0 Å². The zero-order chi connectivity index (χ0) is 24.3. The van der Waals surface area contributed by atoms with Crippen LogP contribution in [0.4, 0.5) is 4.79 Å². The highest BCUT2D eigenvalue weighted by molar-refractivity contribution is 5.87. The Bertz CT molecular complexity index is 774. The van der Waals surface area contributed by atoms with Gasteiger partial charge in [-0.25, -0.2) is 9.59 Å². The molecular formula is C23H35N3O6. The van der Waals surface area contributed by atoms with E-state index in [9.17, 15) is 24.3 Å². The molecule has 9 nitrogen and oxygen atoms in total. The molecule has 0 saturated carbocycles. The van der Waals surface area contributed by atoms with Crippen molar-refractivity contribution in [2.45, 2.75) is 71.6 Å². The first-order valence-corrected chi connectivity index (χ1v) is 10.7. The molecule has 178 valence electrons. The molecule has 0 aliphatic heterocycles. The molecular weight excluding hydrogens is 414 g/mol. The first-order valence-electron chi connectivity index (χ1n) is 10.7. The van der Waals surface area contributed by atoms with Crippen molar-refractivity contribution in [3.63, 3.8) is 0 Å². The maximum absolute atomic E-state index is 12.6. The smallest absolute Gasteiger partial charge is 0.408 e. The molecule has 4 N–H and O–H groups in total. The van der Waals surface area contributed by atoms with E-state index in [-0.39, 0.29) is 18.9 Å². The summed E-state index contributed by atoms with van der Waals surface area (Å²) in [6.45, 7) is 8.61. The van der Waals surface area contributed by atoms with E-state index >= 15 is 0 Å². The van der Waals surface area contributed by atoms with Gasteiger partial charge in [-0.2, -0.15) is 0 Å². The van der Waals surface area contributed by atoms with Crippen LogP contribution < -0.4 is 16.0 Å². The van der Waals surface area contributed by atoms with Gasteiger partial charge in [0.25, 0.3) is 0 Å². The Morgan fingerprint density at radius 1 is 1.00 bits per heavy atom. The molecule has 1 rings (SSSR count). The fraction of sp³-hybridized carbons (Fsp3) is 0.565. The van der Waals surface area contributed by atoms with E-state index in [1.54, 1.807) is 20.8 Å². The number of ether oxygens (including phenoxy) is 1. The van der Waals surface area contributed by atoms with E-state index < -0.39 is 41.6 Å². The first kappa shape index (κ1) is 26.9. The van der Waals surface area contributed by atoms with Crippen molar-refractivity contribution in [2.75, 3.05) is 6.54 Å². The average Bonchev–Trinajstić information content (AvgIpc) is 2.67. The van der Waals surface area contributed by atoms with Crippen LogP contribution in [0.25, 0.3) is 0 Å². The summed E-state index contributed by atoms with van der Waals surface area (Å²) in [6, 6.07) is 7.18. The van der Waals surface area contributed by atoms with Crippen LogP contribution in [-0.4, -0.2) is 53.2 Å². The highest BCUT2D eigenvalue weighted by atomic mass is 16.6. The number of aliphatic carboxylic acids is 1. The molecule has 3 amide bonds. The second-order valence-corrected chi connectivity index (χ2v) is 9.02. The topological polar surface area (TPSA) is 134 Å². The van der Waals surface area contributed by atoms with E-state index in [2.05, 4.69) is 16.0 Å². The number of hydrogen-bond acceptors (Lipinski definition) is 5. The van der Waals surface area contributed by atoms with Gasteiger partial charge in [-0.1, -0.05) is 44.2 Å². The van der Waals surface area contributed by atoms with Crippen LogP contribution in [0.5, 0.6) is 0 Å². The highest BCUT2D eigenvalue weighted by Crippen LogP contribution is 2.10. The number of carboxylic acid groups (broad SMARTS) is 1. The lowest BCUT2D eigenvalue weighted by Crippen LogP contribution is -2.53. The molecule has 0 aliphatic rings. The average molecular weight is 450 g/mol. The summed E-state index contributed by atoms with van der Waals surface area (Å²) in [7, 11) is 0. The standard InChI is InChI=1S/C23H35N3O6/c1-15(2)13-17(26-22(31)32-23(3,4)5)20(28)24-14-18(21(29)30)25-19(27)12-11-16-9-7-6-8-10-16/h6-10,15,17-18H,11-14H2,1-5H3,(H,24,28)(H,25,27)(H,26,31)(H,29,30)/t17-,18-/m0/s1. The Labute approximate surface area is 189 Å². The van der Waals surface area contributed by atoms with Crippen molar-refractivity contribution < 1.29 is 29.0 Å². The van der Waals surface area contributed by atoms with Gasteiger partial charge in [-0.3, -0.25) is 9.59 Å². The lowest BCUT2D eigenvalue weighted by Gasteiger charge is -2.24. The predicted molar refractivity (Wildman–Crippen MR) is 120 cm³/mol. The third-order valence-electron chi connectivity index (χ3n) is 4.31. The van der Waals surface area contributed by atoms with Crippen molar-refractivity contribution in [3.8, 4) is 0 Å². The van der Waals surface area contributed by atoms with E-state index in [0.717, 1.165) is 5.56 Å². The molecule has 0 unspecified atom stereocenters. The number of rotatable bonds is 11. The Hall–Kier alpha value is -3.10. The number of amides is 3. The molecule has 9 heteroatoms. The summed E-state index contributed by atoms with van der Waals surface area (Å²) < 4.78 is 5.20. The van der Waals surface area contributed by atoms with Gasteiger partial charge in [0.1, 0.15) is 17.7 Å². The third-order valence-corrected chi connectivity index (χ3v) is 4.31. The molecule has 0 fully saturated rings. The summed E-state index contributed by atoms with van der Waals surface area (Å²) >= 11 is 0. The number of carboxylic acids is 1. The molecule has 2 atom stereocenters. The second kappa shape index (κ2) is 12.7. The maximum atomic E-state index is 12.6. The van der Waals surface area contributed by atoms with E-state index in [4.69, 9.17) is 4.74 Å². The van der Waals surface area contributed by atoms with Crippen LogP contribution >= 0.6 is 0 Å². The van der Waals surface area contributed by atoms with E-state index in [1.807, 2.05) is 44.2 Å². The van der Waals surface area contributed by atoms with Crippen LogP contribution in [0, 0.1) is 5.92 Å². The van der Waals surface area contributed by atoms with E-state index in [1.165, 1.54) is 0 Å². The maximum Gasteiger partial charge on any atom is 0.408 e. The Kier molecular flexibility index (Phi) is 10.7. The van der Waals surface area contributed by atoms with Gasteiger partial charge in [0, 0.05) is 13.0 Å². The largest absolute Gasteiger partial charge is 0.480 e. The predicted octanol–water partition coefficient (Wildman–Crippen LogP) is 2.24. The van der Waals surface area contributed by atoms with Gasteiger partial charge in [-0.05, 0) is 45.1 Å². The Morgan fingerprint density at radius 3 is 2.16 bits per heavy atom. The van der Waals surface area contributed by atoms with Gasteiger partial charge >= 0.3 is 12.1 Å². The van der Waals surface area contributed by atoms with Crippen molar-refractivity contribution in [2.24, 2.45) is 5.92 Å². The lowest BCUT2D eigenvalue weighted by atomic mass is 10.0.